The van der Waals surface area contributed by atoms with E-state index >= 15 is 0 Å². The first kappa shape index (κ1) is 16.6. The Balaban J connectivity index is 0.00000256. The van der Waals surface area contributed by atoms with Gasteiger partial charge in [0.1, 0.15) is 19.7 Å². The summed E-state index contributed by atoms with van der Waals surface area (Å²) in [7, 11) is 0. The number of aryl methyl sites for hydroxylation is 2. The first-order valence-electron chi connectivity index (χ1n) is 6.39. The topological polar surface area (TPSA) is 41.9 Å². The Morgan fingerprint density at radius 1 is 1.24 bits per heavy atom. The highest BCUT2D eigenvalue weighted by atomic mass is 79.9. The second kappa shape index (κ2) is 9.59. The van der Waals surface area contributed by atoms with Crippen molar-refractivity contribution in [2.75, 3.05) is 0 Å². The van der Waals surface area contributed by atoms with Gasteiger partial charge in [-0.25, -0.2) is 0 Å². The van der Waals surface area contributed by atoms with Crippen LogP contribution in [-0.2, 0) is 19.7 Å². The van der Waals surface area contributed by atoms with Crippen LogP contribution in [0.2, 0.25) is 0 Å². The largest absolute Gasteiger partial charge is 1.00 e. The summed E-state index contributed by atoms with van der Waals surface area (Å²) in [6, 6.07) is 0. The summed E-state index contributed by atoms with van der Waals surface area (Å²) in [5.74, 6) is 0. The molecule has 100 valence electrons. The van der Waals surface area contributed by atoms with Gasteiger partial charge in [-0.05, 0) is 19.3 Å². The minimum Gasteiger partial charge on any atom is -1.00 e. The number of aliphatic hydroxyl groups is 1. The van der Waals surface area contributed by atoms with Gasteiger partial charge in [-0.3, -0.25) is 0 Å². The first-order chi connectivity index (χ1) is 7.81. The Bertz CT molecular complexity index is 302. The molecule has 5 heteroatoms. The molecule has 0 radical (unpaired) electrons. The second-order valence-electron chi connectivity index (χ2n) is 4.21. The maximum absolute atomic E-state index is 9.19. The van der Waals surface area contributed by atoms with Crippen LogP contribution in [0.4, 0.5) is 0 Å². The summed E-state index contributed by atoms with van der Waals surface area (Å²) in [6.07, 6.45) is 8.00. The lowest BCUT2D eigenvalue weighted by molar-refractivity contribution is -0.755. The Morgan fingerprint density at radius 2 is 2.00 bits per heavy atom. The van der Waals surface area contributed by atoms with Crippen molar-refractivity contribution in [1.29, 1.82) is 0 Å². The lowest BCUT2D eigenvalue weighted by atomic mass is 10.2. The van der Waals surface area contributed by atoms with E-state index in [1.165, 1.54) is 25.7 Å². The molecule has 1 N–H and O–H groups in total. The monoisotopic (exact) mass is 305 g/mol. The second-order valence-corrected chi connectivity index (χ2v) is 4.21. The van der Waals surface area contributed by atoms with Gasteiger partial charge in [-0.15, -0.1) is 9.36 Å². The summed E-state index contributed by atoms with van der Waals surface area (Å²) in [4.78, 5) is 0. The third-order valence-corrected chi connectivity index (χ3v) is 2.69. The van der Waals surface area contributed by atoms with Gasteiger partial charge in [0.25, 0.3) is 0 Å². The Hall–Kier alpha value is -0.420. The van der Waals surface area contributed by atoms with E-state index in [0.29, 0.717) is 0 Å². The van der Waals surface area contributed by atoms with Crippen molar-refractivity contribution in [3.8, 4) is 0 Å². The van der Waals surface area contributed by atoms with Crippen LogP contribution in [0.3, 0.4) is 0 Å². The molecule has 0 aliphatic rings. The fourth-order valence-electron chi connectivity index (χ4n) is 1.79. The van der Waals surface area contributed by atoms with Crippen LogP contribution in [0, 0.1) is 0 Å². The lowest BCUT2D eigenvalue weighted by Crippen LogP contribution is -3.00. The van der Waals surface area contributed by atoms with Crippen LogP contribution in [-0.4, -0.2) is 15.0 Å². The molecule has 0 aliphatic carbocycles. The van der Waals surface area contributed by atoms with Crippen molar-refractivity contribution >= 4 is 0 Å². The highest BCUT2D eigenvalue weighted by Crippen LogP contribution is 2.00. The Labute approximate surface area is 114 Å². The zero-order valence-electron chi connectivity index (χ0n) is 10.9. The molecule has 0 bridgehead atoms. The molecular formula is C12H24BrN3O. The van der Waals surface area contributed by atoms with E-state index in [2.05, 4.69) is 19.1 Å². The van der Waals surface area contributed by atoms with Crippen LogP contribution in [0.5, 0.6) is 0 Å². The normalized spacial score (nSPS) is 10.3. The van der Waals surface area contributed by atoms with Gasteiger partial charge in [-0.2, -0.15) is 0 Å². The van der Waals surface area contributed by atoms with Gasteiger partial charge in [0.15, 0.2) is 11.9 Å². The number of hydrogen-bond donors (Lipinski definition) is 1. The van der Waals surface area contributed by atoms with Gasteiger partial charge in [-0.1, -0.05) is 26.7 Å². The maximum atomic E-state index is 9.19. The SMILES string of the molecule is CCCCCC[n+]1cc(CO)n(CCC)n1.[Br-]. The highest BCUT2D eigenvalue weighted by molar-refractivity contribution is 4.87. The van der Waals surface area contributed by atoms with Crippen molar-refractivity contribution in [3.05, 3.63) is 11.9 Å². The molecule has 0 atom stereocenters. The smallest absolute Gasteiger partial charge is 0.192 e. The van der Waals surface area contributed by atoms with E-state index in [1.54, 1.807) is 0 Å². The number of rotatable bonds is 8. The number of nitrogens with zero attached hydrogens (tertiary/aromatic N) is 3. The molecule has 0 aromatic carbocycles. The summed E-state index contributed by atoms with van der Waals surface area (Å²) in [5.41, 5.74) is 0.914. The van der Waals surface area contributed by atoms with Gasteiger partial charge in [0.05, 0.1) is 5.21 Å². The van der Waals surface area contributed by atoms with Gasteiger partial charge in [0, 0.05) is 0 Å². The van der Waals surface area contributed by atoms with E-state index in [4.69, 9.17) is 0 Å². The van der Waals surface area contributed by atoms with Gasteiger partial charge >= 0.3 is 0 Å². The maximum Gasteiger partial charge on any atom is 0.192 e. The van der Waals surface area contributed by atoms with Crippen LogP contribution >= 0.6 is 0 Å². The van der Waals surface area contributed by atoms with E-state index in [1.807, 2.05) is 15.6 Å². The predicted octanol–water partition coefficient (Wildman–Crippen LogP) is -1.34. The molecule has 0 unspecified atom stereocenters. The third kappa shape index (κ3) is 5.64. The average molecular weight is 306 g/mol. The summed E-state index contributed by atoms with van der Waals surface area (Å²) in [5, 5.41) is 13.6. The van der Waals surface area contributed by atoms with Crippen molar-refractivity contribution < 1.29 is 26.8 Å². The van der Waals surface area contributed by atoms with Crippen LogP contribution in [0.15, 0.2) is 6.20 Å². The Kier molecular flexibility index (Phi) is 9.36. The van der Waals surface area contributed by atoms with Gasteiger partial charge in [0.2, 0.25) is 0 Å². The standard InChI is InChI=1S/C12H24N3O.BrH/c1-3-5-6-7-9-14-10-12(11-16)15(13-14)8-4-2;/h10,16H,3-9,11H2,1-2H3;1H/q+1;/p-1. The highest BCUT2D eigenvalue weighted by Gasteiger charge is 2.13. The summed E-state index contributed by atoms with van der Waals surface area (Å²) < 4.78 is 3.86. The summed E-state index contributed by atoms with van der Waals surface area (Å²) in [6.45, 7) is 6.26. The molecule has 0 saturated heterocycles. The minimum absolute atomic E-state index is 0. The molecule has 4 nitrogen and oxygen atoms in total. The first-order valence-corrected chi connectivity index (χ1v) is 6.39. The third-order valence-electron chi connectivity index (χ3n) is 2.69. The molecule has 1 heterocycles. The molecule has 0 spiro atoms. The predicted molar refractivity (Wildman–Crippen MR) is 62.8 cm³/mol. The quantitative estimate of drug-likeness (QED) is 0.477. The van der Waals surface area contributed by atoms with Crippen molar-refractivity contribution in [1.82, 2.24) is 9.90 Å². The molecule has 1 aromatic heterocycles. The van der Waals surface area contributed by atoms with Crippen LogP contribution < -0.4 is 21.7 Å². The molecule has 1 rings (SSSR count). The van der Waals surface area contributed by atoms with Gasteiger partial charge < -0.3 is 22.1 Å². The van der Waals surface area contributed by atoms with E-state index < -0.39 is 0 Å². The average Bonchev–Trinajstić information content (AvgIpc) is 2.68. The van der Waals surface area contributed by atoms with Crippen LogP contribution in [0.25, 0.3) is 0 Å². The molecule has 0 aliphatic heterocycles. The minimum atomic E-state index is 0. The molecule has 0 saturated carbocycles. The number of hydrogen-bond acceptors (Lipinski definition) is 2. The zero-order valence-corrected chi connectivity index (χ0v) is 12.5. The number of aromatic nitrogens is 3. The summed E-state index contributed by atoms with van der Waals surface area (Å²) >= 11 is 0. The molecule has 1 aromatic rings. The Morgan fingerprint density at radius 3 is 2.59 bits per heavy atom. The van der Waals surface area contributed by atoms with E-state index in [-0.39, 0.29) is 23.6 Å². The molecule has 0 amide bonds. The van der Waals surface area contributed by atoms with E-state index in [9.17, 15) is 5.11 Å². The lowest BCUT2D eigenvalue weighted by Gasteiger charge is -1.94. The molecular weight excluding hydrogens is 282 g/mol. The number of aliphatic hydroxyl groups excluding tert-OH is 1. The van der Waals surface area contributed by atoms with Crippen LogP contribution in [0.1, 0.15) is 51.6 Å². The number of halogens is 1. The fourth-order valence-corrected chi connectivity index (χ4v) is 1.79. The number of unbranched alkanes of at least 4 members (excludes halogenated alkanes) is 3. The molecule has 17 heavy (non-hydrogen) atoms. The van der Waals surface area contributed by atoms with E-state index in [0.717, 1.165) is 25.2 Å². The van der Waals surface area contributed by atoms with Crippen molar-refractivity contribution in [2.45, 2.75) is 65.6 Å². The fraction of sp³-hybridized carbons (Fsp3) is 0.833. The van der Waals surface area contributed by atoms with Crippen molar-refractivity contribution in [3.63, 3.8) is 0 Å². The zero-order chi connectivity index (χ0) is 11.8. The van der Waals surface area contributed by atoms with Crippen molar-refractivity contribution in [2.24, 2.45) is 0 Å². The molecule has 0 fully saturated rings.